The molecule has 2 aromatic rings. The van der Waals surface area contributed by atoms with Gasteiger partial charge in [-0.05, 0) is 69.1 Å². The van der Waals surface area contributed by atoms with Crippen LogP contribution in [0.1, 0.15) is 25.0 Å². The van der Waals surface area contributed by atoms with Crippen LogP contribution in [-0.2, 0) is 6.61 Å². The minimum atomic E-state index is -0.0394. The molecule has 7 heteroatoms. The van der Waals surface area contributed by atoms with Gasteiger partial charge in [-0.1, -0.05) is 17.7 Å². The zero-order valence-electron chi connectivity index (χ0n) is 16.7. The molecule has 2 aliphatic rings. The molecule has 3 heterocycles. The van der Waals surface area contributed by atoms with Gasteiger partial charge in [0.1, 0.15) is 12.4 Å². The van der Waals surface area contributed by atoms with Crippen molar-refractivity contribution in [1.29, 1.82) is 0 Å². The lowest BCUT2D eigenvalue weighted by Gasteiger charge is -2.46. The minimum absolute atomic E-state index is 0.0394. The number of piperidine rings is 2. The van der Waals surface area contributed by atoms with Crippen molar-refractivity contribution in [2.75, 3.05) is 32.0 Å². The molecule has 2 amide bonds. The summed E-state index contributed by atoms with van der Waals surface area (Å²) in [5.41, 5.74) is 1.51. The molecule has 2 aliphatic heterocycles. The van der Waals surface area contributed by atoms with Crippen LogP contribution in [0.2, 0.25) is 5.02 Å². The van der Waals surface area contributed by atoms with Crippen molar-refractivity contribution in [3.8, 4) is 5.75 Å². The van der Waals surface area contributed by atoms with Crippen LogP contribution in [0.3, 0.4) is 0 Å². The van der Waals surface area contributed by atoms with Crippen molar-refractivity contribution in [3.05, 3.63) is 53.3 Å². The number of pyridine rings is 1. The van der Waals surface area contributed by atoms with Gasteiger partial charge in [-0.3, -0.25) is 4.98 Å². The summed E-state index contributed by atoms with van der Waals surface area (Å²) in [7, 11) is 2.16. The first kappa shape index (κ1) is 20.0. The monoisotopic (exact) mass is 414 g/mol. The molecule has 2 fully saturated rings. The molecular formula is C22H27ClN4O2. The quantitative estimate of drug-likeness (QED) is 0.812. The number of nitrogens with zero attached hydrogens (tertiary/aromatic N) is 3. The van der Waals surface area contributed by atoms with E-state index in [0.717, 1.165) is 38.2 Å². The Morgan fingerprint density at radius 2 is 2.17 bits per heavy atom. The third kappa shape index (κ3) is 4.82. The first-order valence-electron chi connectivity index (χ1n) is 10.2. The summed E-state index contributed by atoms with van der Waals surface area (Å²) in [6.45, 7) is 3.27. The molecule has 0 radical (unpaired) electrons. The van der Waals surface area contributed by atoms with E-state index >= 15 is 0 Å². The second-order valence-corrected chi connectivity index (χ2v) is 8.31. The topological polar surface area (TPSA) is 57.7 Å². The number of fused-ring (bicyclic) bond motifs is 1. The molecule has 6 nitrogen and oxygen atoms in total. The van der Waals surface area contributed by atoms with Crippen LogP contribution < -0.4 is 10.1 Å². The van der Waals surface area contributed by atoms with Crippen molar-refractivity contribution in [2.45, 2.75) is 31.9 Å². The fourth-order valence-corrected chi connectivity index (χ4v) is 4.60. The highest BCUT2D eigenvalue weighted by Crippen LogP contribution is 2.32. The second kappa shape index (κ2) is 9.01. The summed E-state index contributed by atoms with van der Waals surface area (Å²) in [4.78, 5) is 21.5. The van der Waals surface area contributed by atoms with E-state index in [9.17, 15) is 4.79 Å². The van der Waals surface area contributed by atoms with E-state index in [1.807, 2.05) is 29.2 Å². The molecule has 0 spiro atoms. The Morgan fingerprint density at radius 1 is 1.28 bits per heavy atom. The van der Waals surface area contributed by atoms with E-state index in [4.69, 9.17) is 16.3 Å². The molecule has 1 aromatic carbocycles. The Hall–Kier alpha value is -2.31. The average molecular weight is 415 g/mol. The van der Waals surface area contributed by atoms with Gasteiger partial charge >= 0.3 is 6.03 Å². The van der Waals surface area contributed by atoms with Crippen molar-refractivity contribution in [1.82, 2.24) is 14.8 Å². The molecule has 154 valence electrons. The van der Waals surface area contributed by atoms with Gasteiger partial charge in [-0.2, -0.15) is 0 Å². The van der Waals surface area contributed by atoms with Crippen molar-refractivity contribution < 1.29 is 9.53 Å². The number of carbonyl (C=O) groups excluding carboxylic acids is 1. The number of urea groups is 1. The van der Waals surface area contributed by atoms with E-state index in [1.165, 1.54) is 6.42 Å². The molecule has 1 aromatic heterocycles. The highest BCUT2D eigenvalue weighted by molar-refractivity contribution is 6.32. The van der Waals surface area contributed by atoms with Gasteiger partial charge in [0.05, 0.1) is 10.7 Å². The molecule has 2 saturated heterocycles. The highest BCUT2D eigenvalue weighted by Gasteiger charge is 2.37. The largest absolute Gasteiger partial charge is 0.486 e. The minimum Gasteiger partial charge on any atom is -0.486 e. The summed E-state index contributed by atoms with van der Waals surface area (Å²) >= 11 is 6.38. The summed E-state index contributed by atoms with van der Waals surface area (Å²) in [5.74, 6) is 1.14. The average Bonchev–Trinajstić information content (AvgIpc) is 2.73. The van der Waals surface area contributed by atoms with E-state index in [1.54, 1.807) is 18.3 Å². The van der Waals surface area contributed by atoms with E-state index in [2.05, 4.69) is 22.2 Å². The number of carbonyl (C=O) groups is 1. The van der Waals surface area contributed by atoms with E-state index < -0.39 is 0 Å². The van der Waals surface area contributed by atoms with Crippen LogP contribution in [0.5, 0.6) is 5.75 Å². The first-order chi connectivity index (χ1) is 14.1. The maximum atomic E-state index is 12.9. The van der Waals surface area contributed by atoms with Gasteiger partial charge in [0.15, 0.2) is 0 Å². The van der Waals surface area contributed by atoms with Gasteiger partial charge in [0.25, 0.3) is 0 Å². The van der Waals surface area contributed by atoms with Gasteiger partial charge in [-0.15, -0.1) is 0 Å². The smallest absolute Gasteiger partial charge is 0.322 e. The maximum Gasteiger partial charge on any atom is 0.322 e. The number of amides is 2. The molecule has 0 aliphatic carbocycles. The Labute approximate surface area is 176 Å². The lowest BCUT2D eigenvalue weighted by atomic mass is 9.84. The number of halogens is 1. The Bertz CT molecular complexity index is 848. The number of nitrogens with one attached hydrogen (secondary N) is 1. The summed E-state index contributed by atoms with van der Waals surface area (Å²) < 4.78 is 5.76. The Kier molecular flexibility index (Phi) is 6.21. The Balaban J connectivity index is 1.37. The molecule has 1 N–H and O–H groups in total. The van der Waals surface area contributed by atoms with Gasteiger partial charge in [0, 0.05) is 31.0 Å². The number of rotatable bonds is 4. The number of hydrogen-bond acceptors (Lipinski definition) is 4. The predicted octanol–water partition coefficient (Wildman–Crippen LogP) is 4.26. The molecule has 2 atom stereocenters. The zero-order chi connectivity index (χ0) is 20.2. The molecule has 4 rings (SSSR count). The van der Waals surface area contributed by atoms with Crippen LogP contribution in [0.25, 0.3) is 0 Å². The number of ether oxygens (including phenoxy) is 1. The molecule has 0 unspecified atom stereocenters. The van der Waals surface area contributed by atoms with Crippen LogP contribution >= 0.6 is 11.6 Å². The van der Waals surface area contributed by atoms with Gasteiger partial charge in [-0.25, -0.2) is 4.79 Å². The maximum absolute atomic E-state index is 12.9. The molecular weight excluding hydrogens is 388 g/mol. The van der Waals surface area contributed by atoms with Crippen LogP contribution in [0.15, 0.2) is 42.6 Å². The van der Waals surface area contributed by atoms with Crippen molar-refractivity contribution in [2.24, 2.45) is 5.92 Å². The number of benzene rings is 1. The summed E-state index contributed by atoms with van der Waals surface area (Å²) in [5, 5.41) is 3.49. The van der Waals surface area contributed by atoms with E-state index in [-0.39, 0.29) is 6.03 Å². The third-order valence-corrected chi connectivity index (χ3v) is 6.11. The van der Waals surface area contributed by atoms with Crippen LogP contribution in [0, 0.1) is 5.92 Å². The Morgan fingerprint density at radius 3 is 2.97 bits per heavy atom. The number of hydrogen-bond donors (Lipinski definition) is 1. The van der Waals surface area contributed by atoms with Crippen molar-refractivity contribution >= 4 is 23.3 Å². The standard InChI is InChI=1S/C22H27ClN4O2/c1-26-12-9-20-16(14-26)5-4-11-27(20)22(28)25-17-7-8-21(19(23)13-17)29-15-18-6-2-3-10-24-18/h2-3,6-8,10,13,16,20H,4-5,9,11-12,14-15H2,1H3,(H,25,28)/t16-,20+/m1/s1. The lowest BCUT2D eigenvalue weighted by molar-refractivity contribution is 0.0579. The highest BCUT2D eigenvalue weighted by atomic mass is 35.5. The first-order valence-corrected chi connectivity index (χ1v) is 10.6. The van der Waals surface area contributed by atoms with Gasteiger partial charge in [0.2, 0.25) is 0 Å². The second-order valence-electron chi connectivity index (χ2n) is 7.90. The summed E-state index contributed by atoms with van der Waals surface area (Å²) in [6, 6.07) is 11.3. The van der Waals surface area contributed by atoms with Crippen LogP contribution in [-0.4, -0.2) is 53.5 Å². The zero-order valence-corrected chi connectivity index (χ0v) is 17.4. The fourth-order valence-electron chi connectivity index (χ4n) is 4.36. The lowest BCUT2D eigenvalue weighted by Crippen LogP contribution is -2.56. The van der Waals surface area contributed by atoms with E-state index in [0.29, 0.717) is 35.0 Å². The van der Waals surface area contributed by atoms with Crippen LogP contribution in [0.4, 0.5) is 10.5 Å². The number of aromatic nitrogens is 1. The van der Waals surface area contributed by atoms with Gasteiger partial charge < -0.3 is 19.9 Å². The molecule has 0 saturated carbocycles. The number of anilines is 1. The SMILES string of the molecule is CN1CC[C@H]2[C@H](CCCN2C(=O)Nc2ccc(OCc3ccccn3)c(Cl)c2)C1. The predicted molar refractivity (Wildman–Crippen MR) is 114 cm³/mol. The molecule has 0 bridgehead atoms. The fraction of sp³-hybridized carbons (Fsp3) is 0.455. The molecule has 29 heavy (non-hydrogen) atoms. The normalized spacial score (nSPS) is 22.1. The van der Waals surface area contributed by atoms with Crippen molar-refractivity contribution in [3.63, 3.8) is 0 Å². The number of likely N-dealkylation sites (tertiary alicyclic amines) is 2. The summed E-state index contributed by atoms with van der Waals surface area (Å²) in [6.07, 6.45) is 5.03. The third-order valence-electron chi connectivity index (χ3n) is 5.82.